The molecule has 2 aromatic carbocycles. The van der Waals surface area contributed by atoms with Gasteiger partial charge < -0.3 is 25.7 Å². The first-order chi connectivity index (χ1) is 14.2. The van der Waals surface area contributed by atoms with Crippen LogP contribution >= 0.6 is 0 Å². The highest BCUT2D eigenvalue weighted by Gasteiger charge is 2.27. The molecule has 0 unspecified atom stereocenters. The minimum atomic E-state index is -1.71. The van der Waals surface area contributed by atoms with Crippen molar-refractivity contribution in [3.8, 4) is 16.9 Å². The number of aromatic amines is 1. The highest BCUT2D eigenvalue weighted by molar-refractivity contribution is 6.07. The van der Waals surface area contributed by atoms with E-state index in [4.69, 9.17) is 10.5 Å². The summed E-state index contributed by atoms with van der Waals surface area (Å²) in [5, 5.41) is 18.8. The van der Waals surface area contributed by atoms with E-state index in [0.717, 1.165) is 12.1 Å². The van der Waals surface area contributed by atoms with Gasteiger partial charge in [0, 0.05) is 11.1 Å². The number of nitrogen functional groups attached to an aromatic ring is 1. The van der Waals surface area contributed by atoms with Crippen molar-refractivity contribution in [2.24, 2.45) is 0 Å². The maximum atomic E-state index is 14.6. The molecule has 5 N–H and O–H groups in total. The maximum Gasteiger partial charge on any atom is 0.342 e. The second-order valence-corrected chi connectivity index (χ2v) is 6.13. The van der Waals surface area contributed by atoms with E-state index in [2.05, 4.69) is 0 Å². The average Bonchev–Trinajstić information content (AvgIpc) is 2.66. The lowest BCUT2D eigenvalue weighted by atomic mass is 9.95. The van der Waals surface area contributed by atoms with Crippen LogP contribution < -0.4 is 16.0 Å². The van der Waals surface area contributed by atoms with Crippen LogP contribution in [0, 0.1) is 11.6 Å². The lowest BCUT2D eigenvalue weighted by Gasteiger charge is -2.13. The monoisotopic (exact) mass is 416 g/mol. The number of nitrogens with two attached hydrogens (primary N) is 1. The lowest BCUT2D eigenvalue weighted by molar-refractivity contribution is 0.0695. The number of pyridine rings is 1. The summed E-state index contributed by atoms with van der Waals surface area (Å²) in [5.41, 5.74) is 2.24. The number of aromatic carboxylic acids is 2. The molecule has 10 heteroatoms. The number of carboxylic acids is 2. The average molecular weight is 416 g/mol. The van der Waals surface area contributed by atoms with Gasteiger partial charge in [-0.15, -0.1) is 0 Å². The van der Waals surface area contributed by atoms with Crippen LogP contribution in [0.3, 0.4) is 0 Å². The Balaban J connectivity index is 2.07. The summed E-state index contributed by atoms with van der Waals surface area (Å²) in [5.74, 6) is -5.70. The number of nitrogens with one attached hydrogen (secondary N) is 1. The number of rotatable bonds is 6. The molecule has 0 saturated carbocycles. The topological polar surface area (TPSA) is 143 Å². The Hall–Kier alpha value is -4.21. The predicted molar refractivity (Wildman–Crippen MR) is 102 cm³/mol. The third-order valence-electron chi connectivity index (χ3n) is 4.23. The first kappa shape index (κ1) is 20.5. The number of halogens is 2. The van der Waals surface area contributed by atoms with E-state index in [9.17, 15) is 33.4 Å². The van der Waals surface area contributed by atoms with Gasteiger partial charge in [-0.2, -0.15) is 0 Å². The second kappa shape index (κ2) is 8.03. The van der Waals surface area contributed by atoms with E-state index in [1.54, 1.807) is 6.07 Å². The third-order valence-corrected chi connectivity index (χ3v) is 4.23. The summed E-state index contributed by atoms with van der Waals surface area (Å²) < 4.78 is 33.5. The van der Waals surface area contributed by atoms with E-state index in [1.807, 2.05) is 4.98 Å². The molecule has 0 fully saturated rings. The Morgan fingerprint density at radius 2 is 1.67 bits per heavy atom. The Morgan fingerprint density at radius 3 is 2.27 bits per heavy atom. The van der Waals surface area contributed by atoms with E-state index >= 15 is 0 Å². The van der Waals surface area contributed by atoms with Gasteiger partial charge in [0.05, 0.1) is 0 Å². The minimum absolute atomic E-state index is 0.185. The van der Waals surface area contributed by atoms with E-state index in [0.29, 0.717) is 0 Å². The molecule has 1 aromatic heterocycles. The molecule has 3 aromatic rings. The Labute approximate surface area is 167 Å². The molecule has 0 spiro atoms. The number of ether oxygens (including phenoxy) is 1. The molecule has 1 heterocycles. The van der Waals surface area contributed by atoms with Crippen LogP contribution in [0.25, 0.3) is 11.1 Å². The highest BCUT2D eigenvalue weighted by atomic mass is 19.1. The van der Waals surface area contributed by atoms with Crippen molar-refractivity contribution < 1.29 is 33.3 Å². The zero-order valence-corrected chi connectivity index (χ0v) is 15.1. The number of aromatic nitrogens is 1. The Kier molecular flexibility index (Phi) is 5.50. The first-order valence-electron chi connectivity index (χ1n) is 8.39. The SMILES string of the molecule is Nc1[nH]c(=O)c(C(=O)O)c(-c2ccc(OCc3ccccc3F)c(F)c2)c1C(=O)O. The van der Waals surface area contributed by atoms with Gasteiger partial charge in [0.2, 0.25) is 0 Å². The van der Waals surface area contributed by atoms with Crippen molar-refractivity contribution >= 4 is 17.8 Å². The summed E-state index contributed by atoms with van der Waals surface area (Å²) in [7, 11) is 0. The van der Waals surface area contributed by atoms with Gasteiger partial charge in [-0.3, -0.25) is 4.79 Å². The number of anilines is 1. The summed E-state index contributed by atoms with van der Waals surface area (Å²) in [6.07, 6.45) is 0. The molecule has 0 aliphatic heterocycles. The second-order valence-electron chi connectivity index (χ2n) is 6.13. The molecule has 0 saturated heterocycles. The van der Waals surface area contributed by atoms with Crippen LogP contribution in [0.4, 0.5) is 14.6 Å². The molecule has 0 atom stereocenters. The fraction of sp³-hybridized carbons (Fsp3) is 0.0500. The van der Waals surface area contributed by atoms with Crippen molar-refractivity contribution in [3.63, 3.8) is 0 Å². The molecule has 0 radical (unpaired) electrons. The highest BCUT2D eigenvalue weighted by Crippen LogP contribution is 2.32. The van der Waals surface area contributed by atoms with Crippen molar-refractivity contribution in [3.05, 3.63) is 81.1 Å². The number of benzene rings is 2. The molecular formula is C20H14F2N2O6. The first-order valence-corrected chi connectivity index (χ1v) is 8.39. The smallest absolute Gasteiger partial charge is 0.342 e. The Bertz CT molecular complexity index is 1220. The van der Waals surface area contributed by atoms with Crippen LogP contribution in [0.1, 0.15) is 26.3 Å². The van der Waals surface area contributed by atoms with Gasteiger partial charge in [-0.1, -0.05) is 24.3 Å². The molecule has 0 bridgehead atoms. The number of carboxylic acid groups (broad SMARTS) is 2. The zero-order valence-electron chi connectivity index (χ0n) is 15.1. The van der Waals surface area contributed by atoms with E-state index in [1.165, 1.54) is 24.3 Å². The van der Waals surface area contributed by atoms with Crippen molar-refractivity contribution in [2.45, 2.75) is 6.61 Å². The molecule has 0 aliphatic rings. The van der Waals surface area contributed by atoms with Gasteiger partial charge in [-0.05, 0) is 23.8 Å². The van der Waals surface area contributed by atoms with Crippen molar-refractivity contribution in [1.29, 1.82) is 0 Å². The number of H-pyrrole nitrogens is 1. The Morgan fingerprint density at radius 1 is 1.00 bits per heavy atom. The number of hydrogen-bond donors (Lipinski definition) is 4. The predicted octanol–water partition coefficient (Wildman–Crippen LogP) is 2.88. The van der Waals surface area contributed by atoms with Gasteiger partial charge in [-0.25, -0.2) is 18.4 Å². The number of hydrogen-bond acceptors (Lipinski definition) is 5. The fourth-order valence-corrected chi connectivity index (χ4v) is 2.88. The van der Waals surface area contributed by atoms with Crippen LogP contribution in [0.2, 0.25) is 0 Å². The quantitative estimate of drug-likeness (QED) is 0.484. The molecule has 154 valence electrons. The van der Waals surface area contributed by atoms with E-state index in [-0.39, 0.29) is 23.5 Å². The van der Waals surface area contributed by atoms with Gasteiger partial charge >= 0.3 is 11.9 Å². The van der Waals surface area contributed by atoms with Crippen LogP contribution in [-0.2, 0) is 6.61 Å². The van der Waals surface area contributed by atoms with Gasteiger partial charge in [0.1, 0.15) is 29.4 Å². The van der Waals surface area contributed by atoms with Crippen LogP contribution in [0.5, 0.6) is 5.75 Å². The van der Waals surface area contributed by atoms with Crippen molar-refractivity contribution in [1.82, 2.24) is 4.98 Å². The van der Waals surface area contributed by atoms with Crippen molar-refractivity contribution in [2.75, 3.05) is 5.73 Å². The van der Waals surface area contributed by atoms with Crippen LogP contribution in [-0.4, -0.2) is 27.1 Å². The maximum absolute atomic E-state index is 14.6. The normalized spacial score (nSPS) is 10.6. The standard InChI is InChI=1S/C20H14F2N2O6/c21-11-4-2-1-3-10(11)8-30-13-6-5-9(7-12(13)22)14-15(19(26)27)17(23)24-18(25)16(14)20(28)29/h1-7H,8H2,(H,26,27)(H,28,29)(H3,23,24,25). The van der Waals surface area contributed by atoms with Crippen LogP contribution in [0.15, 0.2) is 47.3 Å². The molecule has 30 heavy (non-hydrogen) atoms. The third kappa shape index (κ3) is 3.83. The molecule has 0 amide bonds. The molecule has 8 nitrogen and oxygen atoms in total. The largest absolute Gasteiger partial charge is 0.486 e. The molecule has 0 aliphatic carbocycles. The van der Waals surface area contributed by atoms with Gasteiger partial charge in [0.25, 0.3) is 5.56 Å². The molecular weight excluding hydrogens is 402 g/mol. The lowest BCUT2D eigenvalue weighted by Crippen LogP contribution is -2.24. The summed E-state index contributed by atoms with van der Waals surface area (Å²) in [6, 6.07) is 8.84. The summed E-state index contributed by atoms with van der Waals surface area (Å²) >= 11 is 0. The summed E-state index contributed by atoms with van der Waals surface area (Å²) in [6.45, 7) is -0.276. The fourth-order valence-electron chi connectivity index (χ4n) is 2.88. The minimum Gasteiger partial charge on any atom is -0.486 e. The summed E-state index contributed by atoms with van der Waals surface area (Å²) in [4.78, 5) is 37.1. The van der Waals surface area contributed by atoms with E-state index < -0.39 is 51.6 Å². The number of carbonyl (C=O) groups is 2. The zero-order chi connectivity index (χ0) is 22.0. The molecule has 3 rings (SSSR count). The van der Waals surface area contributed by atoms with Gasteiger partial charge in [0.15, 0.2) is 11.6 Å².